The van der Waals surface area contributed by atoms with Gasteiger partial charge >= 0.3 is 0 Å². The fraction of sp³-hybridized carbons (Fsp3) is 0.500. The molecule has 1 aromatic rings. The molecule has 0 atom stereocenters. The normalized spacial score (nSPS) is 10.8. The van der Waals surface area contributed by atoms with Crippen molar-refractivity contribution in [1.82, 2.24) is 9.88 Å². The minimum atomic E-state index is -0.304. The van der Waals surface area contributed by atoms with Gasteiger partial charge in [0.25, 0.3) is 0 Å². The number of unbranched alkanes of at least 4 members (excludes halogenated alkanes) is 1. The highest BCUT2D eigenvalue weighted by Crippen LogP contribution is 2.10. The van der Waals surface area contributed by atoms with Crippen LogP contribution in [0.5, 0.6) is 0 Å². The molecule has 0 aliphatic carbocycles. The lowest BCUT2D eigenvalue weighted by Crippen LogP contribution is -2.34. The third-order valence-electron chi connectivity index (χ3n) is 2.40. The molecule has 4 nitrogen and oxygen atoms in total. The van der Waals surface area contributed by atoms with E-state index in [2.05, 4.69) is 11.9 Å². The molecule has 0 saturated carbocycles. The Hall–Kier alpha value is -1.13. The molecule has 0 aliphatic rings. The maximum Gasteiger partial charge on any atom is 0.231 e. The first-order valence-electron chi connectivity index (χ1n) is 5.73. The van der Waals surface area contributed by atoms with Crippen molar-refractivity contribution in [2.24, 2.45) is 5.73 Å². The van der Waals surface area contributed by atoms with E-state index in [-0.39, 0.29) is 12.5 Å². The maximum absolute atomic E-state index is 11.0. The second-order valence-corrected chi connectivity index (χ2v) is 4.40. The molecule has 1 aromatic heterocycles. The first-order valence-corrected chi connectivity index (χ1v) is 6.10. The molecule has 0 aliphatic heterocycles. The molecule has 5 heteroatoms. The number of primary amides is 1. The van der Waals surface area contributed by atoms with E-state index in [9.17, 15) is 4.79 Å². The summed E-state index contributed by atoms with van der Waals surface area (Å²) in [6, 6.07) is 3.70. The fourth-order valence-electron chi connectivity index (χ4n) is 1.62. The summed E-state index contributed by atoms with van der Waals surface area (Å²) in [4.78, 5) is 16.9. The van der Waals surface area contributed by atoms with E-state index in [1.165, 1.54) is 0 Å². The largest absolute Gasteiger partial charge is 0.369 e. The first-order chi connectivity index (χ1) is 8.11. The highest BCUT2D eigenvalue weighted by atomic mass is 35.5. The minimum absolute atomic E-state index is 0.278. The van der Waals surface area contributed by atoms with Gasteiger partial charge < -0.3 is 5.73 Å². The number of nitrogens with zero attached hydrogens (tertiary/aromatic N) is 2. The molecule has 0 radical (unpaired) electrons. The number of hydrogen-bond donors (Lipinski definition) is 1. The zero-order valence-electron chi connectivity index (χ0n) is 10.0. The van der Waals surface area contributed by atoms with E-state index in [1.54, 1.807) is 6.20 Å². The Morgan fingerprint density at radius 2 is 2.35 bits per heavy atom. The molecule has 0 unspecified atom stereocenters. The molecule has 0 fully saturated rings. The van der Waals surface area contributed by atoms with E-state index < -0.39 is 0 Å². The van der Waals surface area contributed by atoms with Crippen LogP contribution < -0.4 is 5.73 Å². The minimum Gasteiger partial charge on any atom is -0.369 e. The second-order valence-electron chi connectivity index (χ2n) is 4.02. The number of nitrogens with two attached hydrogens (primary N) is 1. The van der Waals surface area contributed by atoms with Crippen LogP contribution in [0.1, 0.15) is 25.3 Å². The summed E-state index contributed by atoms with van der Waals surface area (Å²) in [6.45, 7) is 3.93. The summed E-state index contributed by atoms with van der Waals surface area (Å²) < 4.78 is 0. The highest BCUT2D eigenvalue weighted by molar-refractivity contribution is 6.29. The molecular formula is C12H18ClN3O. The predicted octanol–water partition coefficient (Wildman–Crippen LogP) is 1.82. The van der Waals surface area contributed by atoms with Crippen LogP contribution in [0.25, 0.3) is 0 Å². The van der Waals surface area contributed by atoms with Gasteiger partial charge in [0.2, 0.25) is 5.91 Å². The SMILES string of the molecule is CCCCN(CC(N)=O)Cc1ccnc(Cl)c1. The van der Waals surface area contributed by atoms with Crippen LogP contribution in [0.4, 0.5) is 0 Å². The quantitative estimate of drug-likeness (QED) is 0.756. The van der Waals surface area contributed by atoms with Crippen LogP contribution in [0, 0.1) is 0 Å². The summed E-state index contributed by atoms with van der Waals surface area (Å²) in [7, 11) is 0. The average molecular weight is 256 g/mol. The van der Waals surface area contributed by atoms with Gasteiger partial charge in [-0.05, 0) is 30.7 Å². The van der Waals surface area contributed by atoms with E-state index >= 15 is 0 Å². The van der Waals surface area contributed by atoms with Crippen molar-refractivity contribution >= 4 is 17.5 Å². The van der Waals surface area contributed by atoms with Gasteiger partial charge in [-0.1, -0.05) is 24.9 Å². The van der Waals surface area contributed by atoms with E-state index in [4.69, 9.17) is 17.3 Å². The molecule has 2 N–H and O–H groups in total. The zero-order chi connectivity index (χ0) is 12.7. The van der Waals surface area contributed by atoms with Crippen LogP contribution in [-0.4, -0.2) is 28.9 Å². The number of carbonyl (C=O) groups excluding carboxylic acids is 1. The van der Waals surface area contributed by atoms with Gasteiger partial charge in [-0.2, -0.15) is 0 Å². The van der Waals surface area contributed by atoms with Crippen LogP contribution >= 0.6 is 11.6 Å². The van der Waals surface area contributed by atoms with Crippen LogP contribution in [0.3, 0.4) is 0 Å². The Morgan fingerprint density at radius 1 is 1.59 bits per heavy atom. The molecule has 17 heavy (non-hydrogen) atoms. The standard InChI is InChI=1S/C12H18ClN3O/c1-2-3-6-16(9-12(14)17)8-10-4-5-15-11(13)7-10/h4-5,7H,2-3,6,8-9H2,1H3,(H2,14,17). The van der Waals surface area contributed by atoms with Crippen LogP contribution in [-0.2, 0) is 11.3 Å². The lowest BCUT2D eigenvalue weighted by molar-refractivity contribution is -0.119. The Bertz CT molecular complexity index is 371. The van der Waals surface area contributed by atoms with E-state index in [1.807, 2.05) is 17.0 Å². The molecule has 0 bridgehead atoms. The van der Waals surface area contributed by atoms with Crippen molar-refractivity contribution in [2.45, 2.75) is 26.3 Å². The lowest BCUT2D eigenvalue weighted by Gasteiger charge is -2.20. The van der Waals surface area contributed by atoms with Crippen molar-refractivity contribution in [2.75, 3.05) is 13.1 Å². The summed E-state index contributed by atoms with van der Waals surface area (Å²) in [5.41, 5.74) is 6.27. The monoisotopic (exact) mass is 255 g/mol. The number of hydrogen-bond acceptors (Lipinski definition) is 3. The van der Waals surface area contributed by atoms with Gasteiger partial charge in [-0.3, -0.25) is 9.69 Å². The molecule has 94 valence electrons. The predicted molar refractivity (Wildman–Crippen MR) is 68.6 cm³/mol. The summed E-state index contributed by atoms with van der Waals surface area (Å²) in [6.07, 6.45) is 3.80. The lowest BCUT2D eigenvalue weighted by atomic mass is 10.2. The van der Waals surface area contributed by atoms with Gasteiger partial charge in [0.05, 0.1) is 6.54 Å². The molecule has 0 spiro atoms. The third-order valence-corrected chi connectivity index (χ3v) is 2.61. The Balaban J connectivity index is 2.61. The van der Waals surface area contributed by atoms with E-state index in [0.29, 0.717) is 11.7 Å². The van der Waals surface area contributed by atoms with Crippen molar-refractivity contribution in [1.29, 1.82) is 0 Å². The third kappa shape index (κ3) is 5.65. The molecular weight excluding hydrogens is 238 g/mol. The Labute approximate surface area is 107 Å². The molecule has 1 heterocycles. The second kappa shape index (κ2) is 7.25. The average Bonchev–Trinajstić information content (AvgIpc) is 2.25. The van der Waals surface area contributed by atoms with Crippen LogP contribution in [0.2, 0.25) is 5.15 Å². The topological polar surface area (TPSA) is 59.2 Å². The Morgan fingerprint density at radius 3 is 2.94 bits per heavy atom. The highest BCUT2D eigenvalue weighted by Gasteiger charge is 2.08. The number of aromatic nitrogens is 1. The maximum atomic E-state index is 11.0. The first kappa shape index (κ1) is 13.9. The number of pyridine rings is 1. The summed E-state index contributed by atoms with van der Waals surface area (Å²) in [5, 5.41) is 0.469. The van der Waals surface area contributed by atoms with Crippen molar-refractivity contribution < 1.29 is 4.79 Å². The Kier molecular flexibility index (Phi) is 5.94. The van der Waals surface area contributed by atoms with Gasteiger partial charge in [-0.25, -0.2) is 4.98 Å². The van der Waals surface area contributed by atoms with Crippen molar-refractivity contribution in [3.05, 3.63) is 29.0 Å². The van der Waals surface area contributed by atoms with Gasteiger partial charge in [-0.15, -0.1) is 0 Å². The van der Waals surface area contributed by atoms with E-state index in [0.717, 1.165) is 24.9 Å². The summed E-state index contributed by atoms with van der Waals surface area (Å²) in [5.74, 6) is -0.304. The summed E-state index contributed by atoms with van der Waals surface area (Å²) >= 11 is 5.82. The van der Waals surface area contributed by atoms with Crippen molar-refractivity contribution in [3.63, 3.8) is 0 Å². The smallest absolute Gasteiger partial charge is 0.231 e. The van der Waals surface area contributed by atoms with Gasteiger partial charge in [0, 0.05) is 12.7 Å². The number of rotatable bonds is 7. The van der Waals surface area contributed by atoms with Gasteiger partial charge in [0.1, 0.15) is 5.15 Å². The zero-order valence-corrected chi connectivity index (χ0v) is 10.8. The fourth-order valence-corrected chi connectivity index (χ4v) is 1.81. The molecule has 1 amide bonds. The van der Waals surface area contributed by atoms with Crippen LogP contribution in [0.15, 0.2) is 18.3 Å². The van der Waals surface area contributed by atoms with Crippen molar-refractivity contribution in [3.8, 4) is 0 Å². The van der Waals surface area contributed by atoms with Gasteiger partial charge in [0.15, 0.2) is 0 Å². The molecule has 0 saturated heterocycles. The molecule has 0 aromatic carbocycles. The number of halogens is 1. The number of amides is 1. The molecule has 1 rings (SSSR count). The number of carbonyl (C=O) groups is 1.